The average molecular weight is 235 g/mol. The van der Waals surface area contributed by atoms with Crippen LogP contribution in [0.1, 0.15) is 38.5 Å². The number of carbonyl (C=O) groups is 1. The third-order valence-corrected chi connectivity index (χ3v) is 6.83. The minimum atomic E-state index is -0.644. The Morgan fingerprint density at radius 1 is 1.24 bits per heavy atom. The van der Waals surface area contributed by atoms with Gasteiger partial charge in [0.05, 0.1) is 6.42 Å². The first-order valence-electron chi connectivity index (χ1n) is 7.05. The van der Waals surface area contributed by atoms with Crippen molar-refractivity contribution in [3.8, 4) is 0 Å². The molecule has 94 valence electrons. The molecule has 4 fully saturated rings. The molecule has 3 heteroatoms. The Hall–Kier alpha value is -0.570. The van der Waals surface area contributed by atoms with Crippen LogP contribution < -0.4 is 5.73 Å². The molecule has 0 bridgehead atoms. The van der Waals surface area contributed by atoms with Gasteiger partial charge in [0.1, 0.15) is 0 Å². The number of fused-ring (bicyclic) bond motifs is 1. The van der Waals surface area contributed by atoms with Crippen LogP contribution in [-0.4, -0.2) is 17.6 Å². The Balaban J connectivity index is 1.69. The van der Waals surface area contributed by atoms with E-state index in [0.29, 0.717) is 30.2 Å². The molecule has 0 aromatic heterocycles. The fraction of sp³-hybridized carbons (Fsp3) is 0.929. The molecule has 0 aromatic carbocycles. The number of rotatable bonds is 3. The van der Waals surface area contributed by atoms with Gasteiger partial charge in [0.15, 0.2) is 0 Å². The maximum absolute atomic E-state index is 11.2. The van der Waals surface area contributed by atoms with Gasteiger partial charge >= 0.3 is 5.97 Å². The van der Waals surface area contributed by atoms with Gasteiger partial charge in [0, 0.05) is 0 Å². The van der Waals surface area contributed by atoms with Crippen LogP contribution >= 0.6 is 0 Å². The van der Waals surface area contributed by atoms with Crippen molar-refractivity contribution in [1.29, 1.82) is 0 Å². The van der Waals surface area contributed by atoms with Gasteiger partial charge in [-0.25, -0.2) is 0 Å². The lowest BCUT2D eigenvalue weighted by Gasteiger charge is -2.57. The summed E-state index contributed by atoms with van der Waals surface area (Å²) in [6.45, 7) is 0.591. The summed E-state index contributed by atoms with van der Waals surface area (Å²) in [7, 11) is 0. The molecule has 4 aliphatic carbocycles. The highest BCUT2D eigenvalue weighted by Gasteiger charge is 2.75. The van der Waals surface area contributed by atoms with E-state index in [1.54, 1.807) is 0 Å². The minimum Gasteiger partial charge on any atom is -0.481 e. The standard InChI is InChI=1S/C14H21NO2/c15-7-14(6-11(16)17)9-2-1-8-12(9)10(14)5-13(8)3-4-13/h8-10,12H,1-7,15H2,(H,16,17)/t8?,9-,10+,12+,14+/m0/s1. The van der Waals surface area contributed by atoms with Crippen LogP contribution in [0.25, 0.3) is 0 Å². The highest BCUT2D eigenvalue weighted by molar-refractivity contribution is 5.68. The molecule has 0 aromatic rings. The highest BCUT2D eigenvalue weighted by Crippen LogP contribution is 2.81. The van der Waals surface area contributed by atoms with Crippen LogP contribution in [0.5, 0.6) is 0 Å². The summed E-state index contributed by atoms with van der Waals surface area (Å²) < 4.78 is 0. The first kappa shape index (κ1) is 10.4. The van der Waals surface area contributed by atoms with E-state index in [1.807, 2.05) is 0 Å². The summed E-state index contributed by atoms with van der Waals surface area (Å²) in [6.07, 6.45) is 7.03. The van der Waals surface area contributed by atoms with Crippen LogP contribution in [0.4, 0.5) is 0 Å². The number of hydrogen-bond acceptors (Lipinski definition) is 2. The number of nitrogens with two attached hydrogens (primary N) is 1. The van der Waals surface area contributed by atoms with E-state index in [9.17, 15) is 9.90 Å². The second-order valence-corrected chi connectivity index (χ2v) is 7.05. The molecule has 1 spiro atoms. The lowest BCUT2D eigenvalue weighted by molar-refractivity contribution is -0.153. The van der Waals surface area contributed by atoms with Crippen LogP contribution in [0.15, 0.2) is 0 Å². The predicted octanol–water partition coefficient (Wildman–Crippen LogP) is 1.86. The molecule has 4 rings (SSSR count). The molecule has 0 aliphatic heterocycles. The van der Waals surface area contributed by atoms with E-state index in [0.717, 1.165) is 11.8 Å². The maximum Gasteiger partial charge on any atom is 0.303 e. The number of hydrogen-bond donors (Lipinski definition) is 2. The summed E-state index contributed by atoms with van der Waals surface area (Å²) in [5.41, 5.74) is 6.63. The molecular weight excluding hydrogens is 214 g/mol. The summed E-state index contributed by atoms with van der Waals surface area (Å²) in [5.74, 6) is 2.42. The van der Waals surface area contributed by atoms with Gasteiger partial charge in [-0.3, -0.25) is 4.79 Å². The summed E-state index contributed by atoms with van der Waals surface area (Å²) in [4.78, 5) is 11.2. The lowest BCUT2D eigenvalue weighted by atomic mass is 9.47. The third kappa shape index (κ3) is 1.01. The van der Waals surface area contributed by atoms with Crippen molar-refractivity contribution >= 4 is 5.97 Å². The Labute approximate surface area is 102 Å². The van der Waals surface area contributed by atoms with Crippen molar-refractivity contribution in [3.63, 3.8) is 0 Å². The largest absolute Gasteiger partial charge is 0.481 e. The molecule has 0 saturated heterocycles. The zero-order chi connectivity index (χ0) is 11.8. The zero-order valence-corrected chi connectivity index (χ0v) is 10.2. The molecule has 3 nitrogen and oxygen atoms in total. The fourth-order valence-corrected chi connectivity index (χ4v) is 6.09. The molecule has 5 atom stereocenters. The van der Waals surface area contributed by atoms with Gasteiger partial charge in [-0.1, -0.05) is 0 Å². The van der Waals surface area contributed by atoms with E-state index >= 15 is 0 Å². The minimum absolute atomic E-state index is 0.0304. The number of carboxylic acids is 1. The normalized spacial score (nSPS) is 52.3. The predicted molar refractivity (Wildman–Crippen MR) is 63.2 cm³/mol. The molecule has 0 radical (unpaired) electrons. The van der Waals surface area contributed by atoms with Crippen LogP contribution in [0.2, 0.25) is 0 Å². The van der Waals surface area contributed by atoms with E-state index in [4.69, 9.17) is 5.73 Å². The van der Waals surface area contributed by atoms with Gasteiger partial charge < -0.3 is 10.8 Å². The molecule has 3 N–H and O–H groups in total. The Morgan fingerprint density at radius 3 is 2.53 bits per heavy atom. The van der Waals surface area contributed by atoms with Crippen LogP contribution in [0.3, 0.4) is 0 Å². The van der Waals surface area contributed by atoms with E-state index in [2.05, 4.69) is 0 Å². The van der Waals surface area contributed by atoms with Crippen molar-refractivity contribution in [1.82, 2.24) is 0 Å². The first-order chi connectivity index (χ1) is 8.13. The lowest BCUT2D eigenvalue weighted by Crippen LogP contribution is -2.58. The number of aliphatic carboxylic acids is 1. The van der Waals surface area contributed by atoms with Crippen LogP contribution in [-0.2, 0) is 4.79 Å². The van der Waals surface area contributed by atoms with E-state index in [-0.39, 0.29) is 5.41 Å². The molecule has 0 heterocycles. The smallest absolute Gasteiger partial charge is 0.303 e. The van der Waals surface area contributed by atoms with Crippen molar-refractivity contribution in [2.75, 3.05) is 6.54 Å². The van der Waals surface area contributed by atoms with E-state index in [1.165, 1.54) is 32.1 Å². The summed E-state index contributed by atoms with van der Waals surface area (Å²) in [5, 5.41) is 9.18. The second-order valence-electron chi connectivity index (χ2n) is 7.05. The summed E-state index contributed by atoms with van der Waals surface area (Å²) in [6, 6.07) is 0. The van der Waals surface area contributed by atoms with Crippen molar-refractivity contribution < 1.29 is 9.90 Å². The van der Waals surface area contributed by atoms with Crippen molar-refractivity contribution in [3.05, 3.63) is 0 Å². The van der Waals surface area contributed by atoms with Crippen LogP contribution in [0, 0.1) is 34.5 Å². The molecular formula is C14H21NO2. The third-order valence-electron chi connectivity index (χ3n) is 6.83. The molecule has 4 aliphatic rings. The van der Waals surface area contributed by atoms with Gasteiger partial charge in [-0.2, -0.15) is 0 Å². The fourth-order valence-electron chi connectivity index (χ4n) is 6.09. The number of carboxylic acid groups (broad SMARTS) is 1. The molecule has 4 saturated carbocycles. The first-order valence-corrected chi connectivity index (χ1v) is 7.05. The van der Waals surface area contributed by atoms with Gasteiger partial charge in [-0.15, -0.1) is 0 Å². The van der Waals surface area contributed by atoms with Crippen molar-refractivity contribution in [2.45, 2.75) is 38.5 Å². The summed E-state index contributed by atoms with van der Waals surface area (Å²) >= 11 is 0. The molecule has 0 amide bonds. The van der Waals surface area contributed by atoms with Gasteiger partial charge in [0.2, 0.25) is 0 Å². The maximum atomic E-state index is 11.2. The average Bonchev–Trinajstić information content (AvgIpc) is 2.86. The highest BCUT2D eigenvalue weighted by atomic mass is 16.4. The van der Waals surface area contributed by atoms with E-state index < -0.39 is 5.97 Å². The van der Waals surface area contributed by atoms with Gasteiger partial charge in [0.25, 0.3) is 0 Å². The monoisotopic (exact) mass is 235 g/mol. The van der Waals surface area contributed by atoms with Gasteiger partial charge in [-0.05, 0) is 73.2 Å². The Morgan fingerprint density at radius 2 is 1.94 bits per heavy atom. The topological polar surface area (TPSA) is 63.3 Å². The zero-order valence-electron chi connectivity index (χ0n) is 10.2. The van der Waals surface area contributed by atoms with Crippen molar-refractivity contribution in [2.24, 2.45) is 40.2 Å². The Bertz CT molecular complexity index is 390. The Kier molecular flexibility index (Phi) is 1.75. The quantitative estimate of drug-likeness (QED) is 0.785. The second kappa shape index (κ2) is 2.87. The molecule has 1 unspecified atom stereocenters. The molecule has 17 heavy (non-hydrogen) atoms. The SMILES string of the molecule is NC[C@@]1(CC(=O)O)[C@@H]2CC3(CC3)C3CC[C@H]1[C@@H]32.